The van der Waals surface area contributed by atoms with Crippen LogP contribution >= 0.6 is 0 Å². The normalized spacial score (nSPS) is 10.7. The number of hydrogen-bond donors (Lipinski definition) is 1. The van der Waals surface area contributed by atoms with Crippen molar-refractivity contribution in [3.8, 4) is 0 Å². The Balaban J connectivity index is 2.26. The molecule has 0 saturated heterocycles. The Labute approximate surface area is 91.0 Å². The molecule has 82 valence electrons. The van der Waals surface area contributed by atoms with Crippen LogP contribution in [0.2, 0.25) is 0 Å². The quantitative estimate of drug-likeness (QED) is 0.336. The highest BCUT2D eigenvalue weighted by Crippen LogP contribution is 2.14. The van der Waals surface area contributed by atoms with Gasteiger partial charge >= 0.3 is 0 Å². The number of hydrogen-bond acceptors (Lipinski definition) is 3. The summed E-state index contributed by atoms with van der Waals surface area (Å²) in [6.45, 7) is 2.90. The summed E-state index contributed by atoms with van der Waals surface area (Å²) >= 11 is 0. The lowest BCUT2D eigenvalue weighted by molar-refractivity contribution is 0.308. The summed E-state index contributed by atoms with van der Waals surface area (Å²) in [7, 11) is 0. The number of nitrogens with two attached hydrogens (primary N) is 1. The second-order valence-electron chi connectivity index (χ2n) is 3.41. The molecule has 0 aliphatic carbocycles. The van der Waals surface area contributed by atoms with Crippen molar-refractivity contribution in [2.24, 2.45) is 4.99 Å². The summed E-state index contributed by atoms with van der Waals surface area (Å²) in [4.78, 5) is 4.14. The van der Waals surface area contributed by atoms with Crippen LogP contribution in [0.3, 0.4) is 0 Å². The highest BCUT2D eigenvalue weighted by atomic mass is 16.5. The second-order valence-corrected chi connectivity index (χ2v) is 3.41. The molecule has 0 aliphatic rings. The van der Waals surface area contributed by atoms with Crippen LogP contribution in [0.15, 0.2) is 29.3 Å². The predicted octanol–water partition coefficient (Wildman–Crippen LogP) is 3.14. The van der Waals surface area contributed by atoms with Crippen molar-refractivity contribution in [2.45, 2.75) is 26.2 Å². The maximum atomic E-state index is 5.61. The molecule has 0 unspecified atom stereocenters. The maximum absolute atomic E-state index is 5.61. The summed E-state index contributed by atoms with van der Waals surface area (Å²) in [5, 5.41) is 0. The van der Waals surface area contributed by atoms with E-state index in [9.17, 15) is 0 Å². The monoisotopic (exact) mass is 206 g/mol. The van der Waals surface area contributed by atoms with Gasteiger partial charge in [0.25, 0.3) is 0 Å². The zero-order valence-electron chi connectivity index (χ0n) is 9.15. The fraction of sp³-hybridized carbons (Fsp3) is 0.417. The molecule has 0 bridgehead atoms. The summed E-state index contributed by atoms with van der Waals surface area (Å²) < 4.78 is 5.25. The molecular weight excluding hydrogens is 188 g/mol. The first-order valence-corrected chi connectivity index (χ1v) is 5.32. The van der Waals surface area contributed by atoms with Gasteiger partial charge in [-0.05, 0) is 24.6 Å². The van der Waals surface area contributed by atoms with Crippen molar-refractivity contribution in [1.29, 1.82) is 0 Å². The molecule has 15 heavy (non-hydrogen) atoms. The van der Waals surface area contributed by atoms with Crippen molar-refractivity contribution in [1.82, 2.24) is 0 Å². The summed E-state index contributed by atoms with van der Waals surface area (Å²) in [5.41, 5.74) is 7.16. The van der Waals surface area contributed by atoms with Crippen LogP contribution in [-0.4, -0.2) is 13.0 Å². The Hall–Kier alpha value is -1.51. The lowest BCUT2D eigenvalue weighted by Crippen LogP contribution is -1.91. The van der Waals surface area contributed by atoms with Gasteiger partial charge in [-0.15, -0.1) is 0 Å². The third-order valence-corrected chi connectivity index (χ3v) is 2.01. The van der Waals surface area contributed by atoms with E-state index in [4.69, 9.17) is 10.5 Å². The topological polar surface area (TPSA) is 47.6 Å². The predicted molar refractivity (Wildman–Crippen MR) is 64.5 cm³/mol. The number of nitrogens with zero attached hydrogens (tertiary/aromatic N) is 1. The van der Waals surface area contributed by atoms with Gasteiger partial charge in [0.15, 0.2) is 6.40 Å². The number of unbranched alkanes of at least 4 members (excludes halogenated alkanes) is 2. The lowest BCUT2D eigenvalue weighted by Gasteiger charge is -1.98. The van der Waals surface area contributed by atoms with E-state index in [2.05, 4.69) is 11.9 Å². The van der Waals surface area contributed by atoms with Crippen molar-refractivity contribution in [3.05, 3.63) is 24.3 Å². The molecule has 0 aromatic heterocycles. The van der Waals surface area contributed by atoms with Crippen LogP contribution in [0, 0.1) is 0 Å². The Morgan fingerprint density at radius 2 is 2.27 bits per heavy atom. The van der Waals surface area contributed by atoms with E-state index in [-0.39, 0.29) is 0 Å². The highest BCUT2D eigenvalue weighted by Gasteiger charge is 1.88. The van der Waals surface area contributed by atoms with Gasteiger partial charge in [-0.2, -0.15) is 0 Å². The molecule has 0 spiro atoms. The summed E-state index contributed by atoms with van der Waals surface area (Å²) in [6, 6.07) is 7.41. The van der Waals surface area contributed by atoms with Crippen molar-refractivity contribution in [2.75, 3.05) is 12.3 Å². The molecule has 0 heterocycles. The van der Waals surface area contributed by atoms with Crippen LogP contribution in [0.4, 0.5) is 11.4 Å². The first kappa shape index (κ1) is 11.6. The molecule has 0 atom stereocenters. The SMILES string of the molecule is CCCCCOC=Nc1cccc(N)c1. The second kappa shape index (κ2) is 6.87. The van der Waals surface area contributed by atoms with Crippen molar-refractivity contribution >= 4 is 17.8 Å². The van der Waals surface area contributed by atoms with Gasteiger partial charge < -0.3 is 10.5 Å². The fourth-order valence-corrected chi connectivity index (χ4v) is 1.19. The maximum Gasteiger partial charge on any atom is 0.174 e. The standard InChI is InChI=1S/C12H18N2O/c1-2-3-4-8-15-10-14-12-7-5-6-11(13)9-12/h5-7,9-10H,2-4,8,13H2,1H3. The third kappa shape index (κ3) is 5.05. The number of benzene rings is 1. The Morgan fingerprint density at radius 1 is 1.40 bits per heavy atom. The van der Waals surface area contributed by atoms with Crippen LogP contribution in [0.5, 0.6) is 0 Å². The summed E-state index contributed by atoms with van der Waals surface area (Å²) in [6.07, 6.45) is 4.98. The van der Waals surface area contributed by atoms with Crippen LogP contribution < -0.4 is 5.73 Å². The van der Waals surface area contributed by atoms with E-state index in [1.54, 1.807) is 0 Å². The Bertz CT molecular complexity index is 310. The van der Waals surface area contributed by atoms with Gasteiger partial charge in [-0.1, -0.05) is 25.8 Å². The zero-order chi connectivity index (χ0) is 10.9. The molecule has 0 fully saturated rings. The smallest absolute Gasteiger partial charge is 0.174 e. The minimum absolute atomic E-state index is 0.718. The van der Waals surface area contributed by atoms with Gasteiger partial charge in [-0.25, -0.2) is 4.99 Å². The molecule has 0 aliphatic heterocycles. The van der Waals surface area contributed by atoms with Crippen molar-refractivity contribution in [3.63, 3.8) is 0 Å². The summed E-state index contributed by atoms with van der Waals surface area (Å²) in [5.74, 6) is 0. The molecule has 0 amide bonds. The first-order chi connectivity index (χ1) is 7.33. The van der Waals surface area contributed by atoms with Gasteiger partial charge in [0, 0.05) is 5.69 Å². The fourth-order valence-electron chi connectivity index (χ4n) is 1.19. The van der Waals surface area contributed by atoms with Gasteiger partial charge in [0.2, 0.25) is 0 Å². The Kier molecular flexibility index (Phi) is 5.30. The Morgan fingerprint density at radius 3 is 3.00 bits per heavy atom. The lowest BCUT2D eigenvalue weighted by atomic mass is 10.3. The average molecular weight is 206 g/mol. The molecule has 0 radical (unpaired) electrons. The number of anilines is 1. The number of aliphatic imine (C=N–C) groups is 1. The molecule has 1 aromatic carbocycles. The first-order valence-electron chi connectivity index (χ1n) is 5.32. The molecule has 1 aromatic rings. The van der Waals surface area contributed by atoms with E-state index in [0.717, 1.165) is 24.4 Å². The highest BCUT2D eigenvalue weighted by molar-refractivity contribution is 5.59. The van der Waals surface area contributed by atoms with E-state index in [0.29, 0.717) is 0 Å². The number of nitrogen functional groups attached to an aromatic ring is 1. The van der Waals surface area contributed by atoms with Crippen LogP contribution in [0.1, 0.15) is 26.2 Å². The van der Waals surface area contributed by atoms with Crippen LogP contribution in [-0.2, 0) is 4.74 Å². The minimum atomic E-state index is 0.718. The molecular formula is C12H18N2O. The largest absolute Gasteiger partial charge is 0.483 e. The van der Waals surface area contributed by atoms with Gasteiger partial charge in [0.1, 0.15) is 0 Å². The van der Waals surface area contributed by atoms with E-state index >= 15 is 0 Å². The van der Waals surface area contributed by atoms with E-state index < -0.39 is 0 Å². The molecule has 1 rings (SSSR count). The zero-order valence-corrected chi connectivity index (χ0v) is 9.15. The third-order valence-electron chi connectivity index (χ3n) is 2.01. The molecule has 2 N–H and O–H groups in total. The number of rotatable bonds is 6. The molecule has 0 saturated carbocycles. The average Bonchev–Trinajstić information content (AvgIpc) is 2.23. The molecule has 3 nitrogen and oxygen atoms in total. The molecule has 3 heteroatoms. The van der Waals surface area contributed by atoms with Gasteiger partial charge in [-0.3, -0.25) is 0 Å². The van der Waals surface area contributed by atoms with Crippen LogP contribution in [0.25, 0.3) is 0 Å². The van der Waals surface area contributed by atoms with Crippen molar-refractivity contribution < 1.29 is 4.74 Å². The number of ether oxygens (including phenoxy) is 1. The minimum Gasteiger partial charge on any atom is -0.483 e. The van der Waals surface area contributed by atoms with E-state index in [1.165, 1.54) is 19.2 Å². The van der Waals surface area contributed by atoms with Gasteiger partial charge in [0.05, 0.1) is 12.3 Å². The van der Waals surface area contributed by atoms with E-state index in [1.807, 2.05) is 24.3 Å².